The van der Waals surface area contributed by atoms with Crippen LogP contribution in [0.1, 0.15) is 33.6 Å². The van der Waals surface area contributed by atoms with Gasteiger partial charge in [0, 0.05) is 11.8 Å². The summed E-state index contributed by atoms with van der Waals surface area (Å²) in [7, 11) is 0. The Morgan fingerprint density at radius 3 is 2.94 bits per heavy atom. The molecule has 0 fully saturated rings. The molecule has 0 spiro atoms. The van der Waals surface area contributed by atoms with Gasteiger partial charge in [-0.05, 0) is 33.6 Å². The zero-order chi connectivity index (χ0) is 12.7. The normalized spacial score (nSPS) is 14.5. The Bertz CT molecular complexity index is 358. The molecule has 0 bridgehead atoms. The Morgan fingerprint density at radius 2 is 2.41 bits per heavy atom. The Morgan fingerprint density at radius 1 is 1.65 bits per heavy atom. The van der Waals surface area contributed by atoms with Crippen molar-refractivity contribution in [2.45, 2.75) is 49.5 Å². The second-order valence-corrected chi connectivity index (χ2v) is 6.57. The van der Waals surface area contributed by atoms with Crippen molar-refractivity contribution >= 4 is 23.1 Å². The zero-order valence-electron chi connectivity index (χ0n) is 10.4. The molecule has 1 aromatic rings. The van der Waals surface area contributed by atoms with Gasteiger partial charge in [-0.25, -0.2) is 0 Å². The van der Waals surface area contributed by atoms with Crippen molar-refractivity contribution in [3.63, 3.8) is 0 Å². The maximum absolute atomic E-state index is 9.18. The van der Waals surface area contributed by atoms with Crippen molar-refractivity contribution in [3.8, 4) is 6.07 Å². The number of nitriles is 1. The molecule has 4 nitrogen and oxygen atoms in total. The molecule has 6 heteroatoms. The van der Waals surface area contributed by atoms with Crippen LogP contribution in [-0.2, 0) is 0 Å². The summed E-state index contributed by atoms with van der Waals surface area (Å²) in [6, 6.07) is 2.69. The van der Waals surface area contributed by atoms with E-state index in [0.29, 0.717) is 6.04 Å². The van der Waals surface area contributed by atoms with Crippen LogP contribution in [0.25, 0.3) is 0 Å². The van der Waals surface area contributed by atoms with Gasteiger partial charge in [0.15, 0.2) is 4.34 Å². The highest BCUT2D eigenvalue weighted by Gasteiger charge is 2.23. The first kappa shape index (κ1) is 14.4. The molecule has 0 aliphatic heterocycles. The molecule has 0 aromatic carbocycles. The predicted molar refractivity (Wildman–Crippen MR) is 72.2 cm³/mol. The molecular formula is C11H18N4S2. The largest absolute Gasteiger partial charge is 0.297 e. The molecule has 1 unspecified atom stereocenters. The highest BCUT2D eigenvalue weighted by atomic mass is 32.2. The van der Waals surface area contributed by atoms with Gasteiger partial charge in [-0.2, -0.15) is 5.26 Å². The lowest BCUT2D eigenvalue weighted by Gasteiger charge is -2.25. The number of hydrogen-bond acceptors (Lipinski definition) is 6. The van der Waals surface area contributed by atoms with E-state index < -0.39 is 5.54 Å². The van der Waals surface area contributed by atoms with Gasteiger partial charge in [0.25, 0.3) is 0 Å². The van der Waals surface area contributed by atoms with Crippen LogP contribution in [0.2, 0.25) is 0 Å². The van der Waals surface area contributed by atoms with Crippen LogP contribution in [-0.4, -0.2) is 27.5 Å². The molecule has 0 amide bonds. The van der Waals surface area contributed by atoms with E-state index in [4.69, 9.17) is 0 Å². The Balaban J connectivity index is 2.26. The summed E-state index contributed by atoms with van der Waals surface area (Å²) in [4.78, 5) is 0. The average molecular weight is 270 g/mol. The smallest absolute Gasteiger partial charge is 0.174 e. The lowest BCUT2D eigenvalue weighted by atomic mass is 9.97. The summed E-state index contributed by atoms with van der Waals surface area (Å²) in [5.41, 5.74) is 1.32. The van der Waals surface area contributed by atoms with Crippen molar-refractivity contribution in [2.75, 3.05) is 5.75 Å². The molecule has 17 heavy (non-hydrogen) atoms. The second kappa shape index (κ2) is 6.94. The third-order valence-corrected chi connectivity index (χ3v) is 4.19. The maximum atomic E-state index is 9.18. The van der Waals surface area contributed by atoms with Crippen LogP contribution >= 0.6 is 23.1 Å². The van der Waals surface area contributed by atoms with E-state index in [1.54, 1.807) is 28.6 Å². The van der Waals surface area contributed by atoms with E-state index in [9.17, 15) is 5.26 Å². The van der Waals surface area contributed by atoms with Gasteiger partial charge in [-0.15, -0.1) is 10.2 Å². The highest BCUT2D eigenvalue weighted by molar-refractivity contribution is 8.00. The topological polar surface area (TPSA) is 61.6 Å². The van der Waals surface area contributed by atoms with Gasteiger partial charge in [-0.1, -0.05) is 23.1 Å². The van der Waals surface area contributed by atoms with Crippen molar-refractivity contribution in [1.29, 1.82) is 5.26 Å². The highest BCUT2D eigenvalue weighted by Crippen LogP contribution is 2.22. The first-order valence-electron chi connectivity index (χ1n) is 5.63. The molecule has 1 aromatic heterocycles. The first-order valence-corrected chi connectivity index (χ1v) is 7.50. The van der Waals surface area contributed by atoms with Gasteiger partial charge in [0.1, 0.15) is 11.0 Å². The number of nitrogens with zero attached hydrogens (tertiary/aromatic N) is 3. The third kappa shape index (κ3) is 5.48. The molecule has 0 radical (unpaired) electrons. The molecule has 1 rings (SSSR count). The molecule has 1 atom stereocenters. The summed E-state index contributed by atoms with van der Waals surface area (Å²) in [5.74, 6) is 0.978. The molecule has 0 saturated carbocycles. The molecule has 0 aliphatic rings. The maximum Gasteiger partial charge on any atom is 0.174 e. The predicted octanol–water partition coefficient (Wildman–Crippen LogP) is 2.69. The van der Waals surface area contributed by atoms with E-state index in [-0.39, 0.29) is 0 Å². The standard InChI is InChI=1S/C11H18N4S2/c1-9(2)14-11(3,7-12)5-4-6-16-10-15-13-8-17-10/h8-9,14H,4-6H2,1-3H3. The molecular weight excluding hydrogens is 252 g/mol. The van der Waals surface area contributed by atoms with E-state index >= 15 is 0 Å². The van der Waals surface area contributed by atoms with Crippen LogP contribution < -0.4 is 5.32 Å². The van der Waals surface area contributed by atoms with Crippen LogP contribution in [0, 0.1) is 11.3 Å². The van der Waals surface area contributed by atoms with Crippen LogP contribution in [0.15, 0.2) is 9.85 Å². The van der Waals surface area contributed by atoms with Crippen molar-refractivity contribution in [1.82, 2.24) is 15.5 Å². The molecule has 1 N–H and O–H groups in total. The van der Waals surface area contributed by atoms with E-state index in [1.807, 2.05) is 6.92 Å². The number of aromatic nitrogens is 2. The van der Waals surface area contributed by atoms with Crippen molar-refractivity contribution < 1.29 is 0 Å². The minimum Gasteiger partial charge on any atom is -0.297 e. The fourth-order valence-corrected chi connectivity index (χ4v) is 3.11. The Hall–Kier alpha value is -0.640. The minimum absolute atomic E-state index is 0.329. The van der Waals surface area contributed by atoms with Crippen molar-refractivity contribution in [3.05, 3.63) is 5.51 Å². The average Bonchev–Trinajstić information content (AvgIpc) is 2.76. The number of rotatable bonds is 7. The summed E-state index contributed by atoms with van der Waals surface area (Å²) in [5, 5.41) is 20.2. The van der Waals surface area contributed by atoms with Gasteiger partial charge < -0.3 is 0 Å². The van der Waals surface area contributed by atoms with Gasteiger partial charge in [0.05, 0.1) is 6.07 Å². The van der Waals surface area contributed by atoms with Gasteiger partial charge >= 0.3 is 0 Å². The molecule has 0 aliphatic carbocycles. The lowest BCUT2D eigenvalue weighted by molar-refractivity contribution is 0.380. The first-order chi connectivity index (χ1) is 8.06. The summed E-state index contributed by atoms with van der Waals surface area (Å²) < 4.78 is 1.00. The third-order valence-electron chi connectivity index (χ3n) is 2.24. The Kier molecular flexibility index (Phi) is 5.89. The van der Waals surface area contributed by atoms with E-state index in [1.165, 1.54) is 0 Å². The molecule has 1 heterocycles. The zero-order valence-corrected chi connectivity index (χ0v) is 12.1. The van der Waals surface area contributed by atoms with Crippen molar-refractivity contribution in [2.24, 2.45) is 0 Å². The van der Waals surface area contributed by atoms with Gasteiger partial charge in [-0.3, -0.25) is 5.32 Å². The monoisotopic (exact) mass is 270 g/mol. The second-order valence-electron chi connectivity index (χ2n) is 4.40. The Labute approximate surface area is 111 Å². The summed E-state index contributed by atoms with van der Waals surface area (Å²) in [6.45, 7) is 6.08. The quantitative estimate of drug-likeness (QED) is 0.609. The van der Waals surface area contributed by atoms with Crippen LogP contribution in [0.4, 0.5) is 0 Å². The molecule has 0 saturated heterocycles. The number of thioether (sulfide) groups is 1. The SMILES string of the molecule is CC(C)NC(C)(C#N)CCCSc1nncs1. The molecule has 94 valence electrons. The van der Waals surface area contributed by atoms with E-state index in [2.05, 4.69) is 35.4 Å². The summed E-state index contributed by atoms with van der Waals surface area (Å²) in [6.07, 6.45) is 1.85. The van der Waals surface area contributed by atoms with Crippen LogP contribution in [0.5, 0.6) is 0 Å². The van der Waals surface area contributed by atoms with E-state index in [0.717, 1.165) is 22.9 Å². The number of hydrogen-bond donors (Lipinski definition) is 1. The van der Waals surface area contributed by atoms with Gasteiger partial charge in [0.2, 0.25) is 0 Å². The lowest BCUT2D eigenvalue weighted by Crippen LogP contribution is -2.44. The fourth-order valence-electron chi connectivity index (χ4n) is 1.61. The fraction of sp³-hybridized carbons (Fsp3) is 0.727. The van der Waals surface area contributed by atoms with Crippen LogP contribution in [0.3, 0.4) is 0 Å². The minimum atomic E-state index is -0.421. The summed E-state index contributed by atoms with van der Waals surface area (Å²) >= 11 is 3.26. The number of nitrogens with one attached hydrogen (secondary N) is 1.